The van der Waals surface area contributed by atoms with Gasteiger partial charge in [-0.15, -0.1) is 0 Å². The number of sulfone groups is 1. The smallest absolute Gasteiger partial charge is 0.157 e. The Kier molecular flexibility index (Phi) is 4.67. The van der Waals surface area contributed by atoms with E-state index in [-0.39, 0.29) is 0 Å². The molecule has 0 aliphatic rings. The van der Waals surface area contributed by atoms with Gasteiger partial charge in [0.15, 0.2) is 9.84 Å². The Morgan fingerprint density at radius 2 is 1.89 bits per heavy atom. The van der Waals surface area contributed by atoms with Gasteiger partial charge < -0.3 is 5.32 Å². The maximum absolute atomic E-state index is 11.6. The summed E-state index contributed by atoms with van der Waals surface area (Å²) in [4.78, 5) is 8.61. The van der Waals surface area contributed by atoms with Crippen molar-refractivity contribution in [1.82, 2.24) is 9.97 Å². The molecule has 0 aliphatic heterocycles. The van der Waals surface area contributed by atoms with Crippen LogP contribution < -0.4 is 5.32 Å². The third kappa shape index (κ3) is 3.41. The van der Waals surface area contributed by atoms with Crippen LogP contribution in [-0.2, 0) is 9.84 Å². The molecule has 102 valence electrons. The summed E-state index contributed by atoms with van der Waals surface area (Å²) < 4.78 is 23.1. The molecule has 18 heavy (non-hydrogen) atoms. The molecule has 1 aromatic rings. The first-order valence-corrected chi connectivity index (χ1v) is 8.00. The zero-order valence-corrected chi connectivity index (χ0v) is 12.4. The van der Waals surface area contributed by atoms with E-state index in [9.17, 15) is 8.42 Å². The summed E-state index contributed by atoms with van der Waals surface area (Å²) in [5, 5.41) is 2.52. The Labute approximate surface area is 109 Å². The van der Waals surface area contributed by atoms with Crippen molar-refractivity contribution in [2.75, 3.05) is 18.1 Å². The van der Waals surface area contributed by atoms with E-state index in [1.807, 2.05) is 13.8 Å². The fourth-order valence-electron chi connectivity index (χ4n) is 1.44. The molecule has 6 heteroatoms. The van der Waals surface area contributed by atoms with Gasteiger partial charge >= 0.3 is 0 Å². The second-order valence-corrected chi connectivity index (χ2v) is 6.91. The van der Waals surface area contributed by atoms with Gasteiger partial charge in [-0.2, -0.15) is 0 Å². The van der Waals surface area contributed by atoms with Crippen molar-refractivity contribution >= 4 is 15.7 Å². The molecule has 0 spiro atoms. The van der Waals surface area contributed by atoms with Gasteiger partial charge in [-0.25, -0.2) is 18.4 Å². The molecular formula is C12H21N3O2S. The minimum atomic E-state index is -3.18. The standard InChI is InChI=1S/C12H21N3O2S/c1-6-7-13-11-8(2)9(3)14-12(15-11)10(4)18(5,16)17/h10H,6-7H2,1-5H3,(H,13,14,15). The van der Waals surface area contributed by atoms with Crippen molar-refractivity contribution in [2.45, 2.75) is 39.4 Å². The largest absolute Gasteiger partial charge is 0.370 e. The number of rotatable bonds is 5. The van der Waals surface area contributed by atoms with Crippen LogP contribution in [0.5, 0.6) is 0 Å². The molecule has 0 aromatic carbocycles. The Balaban J connectivity index is 3.19. The highest BCUT2D eigenvalue weighted by atomic mass is 32.2. The molecule has 1 atom stereocenters. The highest BCUT2D eigenvalue weighted by Gasteiger charge is 2.22. The van der Waals surface area contributed by atoms with Gasteiger partial charge in [-0.1, -0.05) is 6.92 Å². The minimum Gasteiger partial charge on any atom is -0.370 e. The van der Waals surface area contributed by atoms with Gasteiger partial charge in [-0.3, -0.25) is 0 Å². The number of aryl methyl sites for hydroxylation is 1. The van der Waals surface area contributed by atoms with Gasteiger partial charge in [0.25, 0.3) is 0 Å². The lowest BCUT2D eigenvalue weighted by Gasteiger charge is -2.14. The number of nitrogens with zero attached hydrogens (tertiary/aromatic N) is 2. The van der Waals surface area contributed by atoms with Crippen molar-refractivity contribution in [3.63, 3.8) is 0 Å². The van der Waals surface area contributed by atoms with Gasteiger partial charge in [0.1, 0.15) is 16.9 Å². The third-order valence-corrected chi connectivity index (χ3v) is 4.45. The predicted molar refractivity (Wildman–Crippen MR) is 73.5 cm³/mol. The van der Waals surface area contributed by atoms with Crippen LogP contribution in [0.15, 0.2) is 0 Å². The Bertz CT molecular complexity index is 526. The van der Waals surface area contributed by atoms with E-state index >= 15 is 0 Å². The Morgan fingerprint density at radius 1 is 1.28 bits per heavy atom. The Morgan fingerprint density at radius 3 is 2.39 bits per heavy atom. The molecule has 1 N–H and O–H groups in total. The van der Waals surface area contributed by atoms with E-state index in [1.54, 1.807) is 6.92 Å². The van der Waals surface area contributed by atoms with Crippen LogP contribution in [0.3, 0.4) is 0 Å². The molecule has 0 saturated carbocycles. The molecular weight excluding hydrogens is 250 g/mol. The van der Waals surface area contributed by atoms with E-state index in [4.69, 9.17) is 0 Å². The van der Waals surface area contributed by atoms with Crippen LogP contribution >= 0.6 is 0 Å². The van der Waals surface area contributed by atoms with Gasteiger partial charge in [0, 0.05) is 24.1 Å². The average Bonchev–Trinajstić information content (AvgIpc) is 2.28. The fraction of sp³-hybridized carbons (Fsp3) is 0.667. The monoisotopic (exact) mass is 271 g/mol. The summed E-state index contributed by atoms with van der Waals surface area (Å²) in [6.07, 6.45) is 2.19. The van der Waals surface area contributed by atoms with E-state index in [2.05, 4.69) is 22.2 Å². The average molecular weight is 271 g/mol. The number of hydrogen-bond acceptors (Lipinski definition) is 5. The number of nitrogens with one attached hydrogen (secondary N) is 1. The topological polar surface area (TPSA) is 72.0 Å². The fourth-order valence-corrected chi connectivity index (χ4v) is 1.93. The third-order valence-electron chi connectivity index (χ3n) is 2.95. The van der Waals surface area contributed by atoms with Crippen molar-refractivity contribution in [1.29, 1.82) is 0 Å². The lowest BCUT2D eigenvalue weighted by Crippen LogP contribution is -2.15. The molecule has 0 aliphatic carbocycles. The molecule has 0 bridgehead atoms. The molecule has 0 saturated heterocycles. The summed E-state index contributed by atoms with van der Waals surface area (Å²) >= 11 is 0. The van der Waals surface area contributed by atoms with Crippen LogP contribution in [-0.4, -0.2) is 31.2 Å². The van der Waals surface area contributed by atoms with Gasteiger partial charge in [-0.05, 0) is 27.2 Å². The molecule has 0 fully saturated rings. The van der Waals surface area contributed by atoms with E-state index < -0.39 is 15.1 Å². The summed E-state index contributed by atoms with van der Waals surface area (Å²) in [7, 11) is -3.18. The first kappa shape index (κ1) is 14.9. The maximum atomic E-state index is 11.6. The Hall–Kier alpha value is -1.17. The SMILES string of the molecule is CCCNc1nc(C(C)S(C)(=O)=O)nc(C)c1C. The summed E-state index contributed by atoms with van der Waals surface area (Å²) in [5.74, 6) is 1.09. The second kappa shape index (κ2) is 5.65. The quantitative estimate of drug-likeness (QED) is 0.887. The highest BCUT2D eigenvalue weighted by molar-refractivity contribution is 7.90. The summed E-state index contributed by atoms with van der Waals surface area (Å²) in [6.45, 7) is 8.29. The van der Waals surface area contributed by atoms with Crippen molar-refractivity contribution < 1.29 is 8.42 Å². The zero-order valence-electron chi connectivity index (χ0n) is 11.6. The molecule has 1 aromatic heterocycles. The van der Waals surface area contributed by atoms with Crippen LogP contribution in [0.1, 0.15) is 42.6 Å². The predicted octanol–water partition coefficient (Wildman–Crippen LogP) is 2.02. The van der Waals surface area contributed by atoms with Crippen LogP contribution in [0.4, 0.5) is 5.82 Å². The van der Waals surface area contributed by atoms with E-state index in [0.717, 1.165) is 30.0 Å². The van der Waals surface area contributed by atoms with Crippen LogP contribution in [0, 0.1) is 13.8 Å². The van der Waals surface area contributed by atoms with E-state index in [1.165, 1.54) is 6.26 Å². The number of aromatic nitrogens is 2. The van der Waals surface area contributed by atoms with E-state index in [0.29, 0.717) is 5.82 Å². The molecule has 1 heterocycles. The molecule has 5 nitrogen and oxygen atoms in total. The van der Waals surface area contributed by atoms with Crippen molar-refractivity contribution in [3.8, 4) is 0 Å². The second-order valence-electron chi connectivity index (χ2n) is 4.54. The van der Waals surface area contributed by atoms with Crippen molar-refractivity contribution in [3.05, 3.63) is 17.1 Å². The lowest BCUT2D eigenvalue weighted by molar-refractivity contribution is 0.589. The molecule has 0 radical (unpaired) electrons. The minimum absolute atomic E-state index is 0.360. The number of hydrogen-bond donors (Lipinski definition) is 1. The van der Waals surface area contributed by atoms with Crippen molar-refractivity contribution in [2.24, 2.45) is 0 Å². The summed E-state index contributed by atoms with van der Waals surface area (Å²) in [6, 6.07) is 0. The van der Waals surface area contributed by atoms with Gasteiger partial charge in [0.05, 0.1) is 0 Å². The molecule has 1 rings (SSSR count). The van der Waals surface area contributed by atoms with Crippen LogP contribution in [0.25, 0.3) is 0 Å². The zero-order chi connectivity index (χ0) is 13.9. The van der Waals surface area contributed by atoms with Crippen LogP contribution in [0.2, 0.25) is 0 Å². The first-order chi connectivity index (χ1) is 8.27. The first-order valence-electron chi connectivity index (χ1n) is 6.05. The summed E-state index contributed by atoms with van der Waals surface area (Å²) in [5.41, 5.74) is 1.78. The van der Waals surface area contributed by atoms with Gasteiger partial charge in [0.2, 0.25) is 0 Å². The highest BCUT2D eigenvalue weighted by Crippen LogP contribution is 2.22. The number of anilines is 1. The lowest BCUT2D eigenvalue weighted by atomic mass is 10.2. The molecule has 1 unspecified atom stereocenters. The normalized spacial score (nSPS) is 13.4. The maximum Gasteiger partial charge on any atom is 0.157 e. The molecule has 0 amide bonds.